The molecule has 1 N–H and O–H groups in total. The molecule has 1 amide bonds. The zero-order valence-electron chi connectivity index (χ0n) is 14.9. The molecular weight excluding hydrogens is 342 g/mol. The Morgan fingerprint density at radius 3 is 2.63 bits per heavy atom. The number of amides is 1. The first-order valence-electron chi connectivity index (χ1n) is 8.48. The lowest BCUT2D eigenvalue weighted by Gasteiger charge is -2.08. The van der Waals surface area contributed by atoms with Crippen molar-refractivity contribution < 1.29 is 13.9 Å². The van der Waals surface area contributed by atoms with Gasteiger partial charge in [0, 0.05) is 17.3 Å². The molecule has 0 fully saturated rings. The van der Waals surface area contributed by atoms with Crippen LogP contribution in [0.25, 0.3) is 21.9 Å². The number of aryl methyl sites for hydroxylation is 1. The van der Waals surface area contributed by atoms with Crippen molar-refractivity contribution in [2.45, 2.75) is 6.92 Å². The molecule has 0 aliphatic heterocycles. The van der Waals surface area contributed by atoms with Crippen LogP contribution in [-0.2, 0) is 0 Å². The van der Waals surface area contributed by atoms with Crippen LogP contribution in [0.15, 0.2) is 69.9 Å². The third kappa shape index (κ3) is 3.04. The van der Waals surface area contributed by atoms with Crippen LogP contribution in [-0.4, -0.2) is 13.0 Å². The molecule has 1 aromatic heterocycles. The van der Waals surface area contributed by atoms with E-state index in [0.717, 1.165) is 5.56 Å². The van der Waals surface area contributed by atoms with Gasteiger partial charge in [-0.15, -0.1) is 0 Å². The van der Waals surface area contributed by atoms with E-state index >= 15 is 0 Å². The highest BCUT2D eigenvalue weighted by molar-refractivity contribution is 6.05. The lowest BCUT2D eigenvalue weighted by atomic mass is 10.1. The van der Waals surface area contributed by atoms with E-state index in [2.05, 4.69) is 5.32 Å². The summed E-state index contributed by atoms with van der Waals surface area (Å²) in [5, 5.41) is 3.86. The van der Waals surface area contributed by atoms with Gasteiger partial charge in [-0.2, -0.15) is 0 Å². The maximum atomic E-state index is 12.7. The molecule has 134 valence electrons. The topological polar surface area (TPSA) is 68.5 Å². The second-order valence-electron chi connectivity index (χ2n) is 6.28. The molecule has 0 spiro atoms. The third-order valence-electron chi connectivity index (χ3n) is 4.48. The van der Waals surface area contributed by atoms with Crippen LogP contribution in [0.3, 0.4) is 0 Å². The molecule has 5 heteroatoms. The van der Waals surface area contributed by atoms with Crippen LogP contribution in [0.2, 0.25) is 0 Å². The molecular formula is C22H17NO4. The molecule has 0 saturated carbocycles. The number of hydrogen-bond donors (Lipinski definition) is 1. The normalized spacial score (nSPS) is 10.9. The first-order chi connectivity index (χ1) is 13.1. The minimum atomic E-state index is -0.271. The summed E-state index contributed by atoms with van der Waals surface area (Å²) in [6.07, 6.45) is 0. The van der Waals surface area contributed by atoms with E-state index in [9.17, 15) is 9.59 Å². The molecule has 0 radical (unpaired) electrons. The number of hydrogen-bond acceptors (Lipinski definition) is 4. The van der Waals surface area contributed by atoms with Crippen LogP contribution in [0, 0.1) is 6.92 Å². The summed E-state index contributed by atoms with van der Waals surface area (Å²) < 4.78 is 11.1. The van der Waals surface area contributed by atoms with Gasteiger partial charge in [-0.05, 0) is 48.9 Å². The van der Waals surface area contributed by atoms with Gasteiger partial charge in [-0.25, -0.2) is 0 Å². The minimum Gasteiger partial charge on any atom is -0.497 e. The van der Waals surface area contributed by atoms with Crippen LogP contribution >= 0.6 is 0 Å². The van der Waals surface area contributed by atoms with Crippen molar-refractivity contribution in [1.29, 1.82) is 0 Å². The predicted molar refractivity (Wildman–Crippen MR) is 106 cm³/mol. The van der Waals surface area contributed by atoms with Gasteiger partial charge in [0.25, 0.3) is 5.91 Å². The maximum absolute atomic E-state index is 12.7. The number of methoxy groups -OCH3 is 1. The van der Waals surface area contributed by atoms with Crippen LogP contribution in [0.1, 0.15) is 15.9 Å². The molecule has 0 atom stereocenters. The molecule has 27 heavy (non-hydrogen) atoms. The fourth-order valence-corrected chi connectivity index (χ4v) is 3.06. The number of para-hydroxylation sites is 1. The molecule has 5 nitrogen and oxygen atoms in total. The van der Waals surface area contributed by atoms with E-state index < -0.39 is 0 Å². The quantitative estimate of drug-likeness (QED) is 0.546. The molecule has 4 aromatic rings. The average molecular weight is 359 g/mol. The highest BCUT2D eigenvalue weighted by atomic mass is 16.5. The van der Waals surface area contributed by atoms with E-state index in [4.69, 9.17) is 9.15 Å². The van der Waals surface area contributed by atoms with Crippen molar-refractivity contribution in [1.82, 2.24) is 0 Å². The Bertz CT molecular complexity index is 1240. The number of rotatable bonds is 3. The van der Waals surface area contributed by atoms with Gasteiger partial charge in [-0.3, -0.25) is 9.59 Å². The number of benzene rings is 3. The van der Waals surface area contributed by atoms with E-state index in [1.165, 1.54) is 0 Å². The van der Waals surface area contributed by atoms with Crippen molar-refractivity contribution in [2.75, 3.05) is 12.4 Å². The van der Waals surface area contributed by atoms with E-state index in [1.54, 1.807) is 55.6 Å². The summed E-state index contributed by atoms with van der Waals surface area (Å²) in [6, 6.07) is 17.4. The van der Waals surface area contributed by atoms with Crippen LogP contribution in [0.4, 0.5) is 5.69 Å². The zero-order chi connectivity index (χ0) is 19.0. The van der Waals surface area contributed by atoms with Gasteiger partial charge >= 0.3 is 0 Å². The highest BCUT2D eigenvalue weighted by Crippen LogP contribution is 2.24. The monoisotopic (exact) mass is 359 g/mol. The molecule has 0 unspecified atom stereocenters. The number of fused-ring (bicyclic) bond motifs is 2. The Labute approximate surface area is 155 Å². The van der Waals surface area contributed by atoms with E-state index in [1.807, 2.05) is 19.1 Å². The van der Waals surface area contributed by atoms with Crippen molar-refractivity contribution in [2.24, 2.45) is 0 Å². The largest absolute Gasteiger partial charge is 0.497 e. The van der Waals surface area contributed by atoms with Crippen molar-refractivity contribution in [3.63, 3.8) is 0 Å². The van der Waals surface area contributed by atoms with Crippen LogP contribution < -0.4 is 15.5 Å². The fraction of sp³-hybridized carbons (Fsp3) is 0.0909. The minimum absolute atomic E-state index is 0.0828. The number of carbonyl (C=O) groups is 1. The average Bonchev–Trinajstić information content (AvgIpc) is 2.69. The molecule has 0 aliphatic rings. The first-order valence-corrected chi connectivity index (χ1v) is 8.48. The number of carbonyl (C=O) groups excluding carboxylic acids is 1. The molecule has 0 saturated heterocycles. The lowest BCUT2D eigenvalue weighted by molar-refractivity contribution is 0.102. The fourth-order valence-electron chi connectivity index (χ4n) is 3.06. The third-order valence-corrected chi connectivity index (χ3v) is 4.48. The van der Waals surface area contributed by atoms with Gasteiger partial charge in [0.05, 0.1) is 17.9 Å². The number of ether oxygens (including phenoxy) is 1. The Kier molecular flexibility index (Phi) is 4.12. The Morgan fingerprint density at radius 1 is 1.00 bits per heavy atom. The molecule has 0 bridgehead atoms. The standard InChI is InChI=1S/C22H17NO4/c1-13-5-3-8-18-20(24)17-10-9-15(12-19(17)27-21(13)18)23-22(25)14-6-4-7-16(11-14)26-2/h3-12H,1-2H3,(H,23,25). The van der Waals surface area contributed by atoms with Gasteiger partial charge < -0.3 is 14.5 Å². The second kappa shape index (κ2) is 6.61. The van der Waals surface area contributed by atoms with Crippen molar-refractivity contribution >= 4 is 33.5 Å². The van der Waals surface area contributed by atoms with Crippen LogP contribution in [0.5, 0.6) is 5.75 Å². The van der Waals surface area contributed by atoms with Gasteiger partial charge in [0.2, 0.25) is 5.43 Å². The Balaban J connectivity index is 1.75. The van der Waals surface area contributed by atoms with Gasteiger partial charge in [-0.1, -0.05) is 18.2 Å². The number of nitrogens with one attached hydrogen (secondary N) is 1. The Morgan fingerprint density at radius 2 is 1.81 bits per heavy atom. The molecule has 0 aliphatic carbocycles. The SMILES string of the molecule is COc1cccc(C(=O)Nc2ccc3c(=O)c4cccc(C)c4oc3c2)c1. The van der Waals surface area contributed by atoms with Crippen molar-refractivity contribution in [3.05, 3.63) is 82.0 Å². The predicted octanol–water partition coefficient (Wildman–Crippen LogP) is 4.52. The van der Waals surface area contributed by atoms with Gasteiger partial charge in [0.1, 0.15) is 16.9 Å². The summed E-state index contributed by atoms with van der Waals surface area (Å²) in [7, 11) is 1.55. The highest BCUT2D eigenvalue weighted by Gasteiger charge is 2.12. The Hall–Kier alpha value is -3.60. The van der Waals surface area contributed by atoms with E-state index in [0.29, 0.717) is 38.9 Å². The summed E-state index contributed by atoms with van der Waals surface area (Å²) in [4.78, 5) is 25.2. The zero-order valence-corrected chi connectivity index (χ0v) is 14.9. The van der Waals surface area contributed by atoms with E-state index in [-0.39, 0.29) is 11.3 Å². The first kappa shape index (κ1) is 16.8. The molecule has 3 aromatic carbocycles. The summed E-state index contributed by atoms with van der Waals surface area (Å²) in [6.45, 7) is 1.89. The maximum Gasteiger partial charge on any atom is 0.255 e. The smallest absolute Gasteiger partial charge is 0.255 e. The molecule has 1 heterocycles. The van der Waals surface area contributed by atoms with Gasteiger partial charge in [0.15, 0.2) is 0 Å². The molecule has 4 rings (SSSR count). The number of anilines is 1. The summed E-state index contributed by atoms with van der Waals surface area (Å²) >= 11 is 0. The summed E-state index contributed by atoms with van der Waals surface area (Å²) in [5.74, 6) is 0.335. The second-order valence-corrected chi connectivity index (χ2v) is 6.28. The summed E-state index contributed by atoms with van der Waals surface area (Å²) in [5.41, 5.74) is 2.83. The van der Waals surface area contributed by atoms with Crippen molar-refractivity contribution in [3.8, 4) is 5.75 Å². The lowest BCUT2D eigenvalue weighted by Crippen LogP contribution is -2.12.